The molecule has 134 valence electrons. The van der Waals surface area contributed by atoms with E-state index in [-0.39, 0.29) is 0 Å². The van der Waals surface area contributed by atoms with Crippen molar-refractivity contribution < 1.29 is 4.74 Å². The Hall–Kier alpha value is -1.72. The maximum absolute atomic E-state index is 6.03. The van der Waals surface area contributed by atoms with Crippen molar-refractivity contribution in [2.24, 2.45) is 12.5 Å². The number of nitrogens with one attached hydrogen (secondary N) is 1. The third kappa shape index (κ3) is 3.00. The van der Waals surface area contributed by atoms with E-state index in [1.807, 2.05) is 24.0 Å². The number of aryl methyl sites for hydroxylation is 1. The Morgan fingerprint density at radius 3 is 2.92 bits per heavy atom. The quantitative estimate of drug-likeness (QED) is 0.876. The van der Waals surface area contributed by atoms with Gasteiger partial charge in [0, 0.05) is 61.4 Å². The fourth-order valence-corrected chi connectivity index (χ4v) is 4.82. The average Bonchev–Trinajstić information content (AvgIpc) is 3.27. The molecule has 2 heterocycles. The first-order valence-corrected chi connectivity index (χ1v) is 9.51. The first-order chi connectivity index (χ1) is 12.2. The molecular weight excluding hydrogens is 312 g/mol. The molecule has 2 aromatic rings. The lowest BCUT2D eigenvalue weighted by Crippen LogP contribution is -2.62. The van der Waals surface area contributed by atoms with Crippen LogP contribution in [-0.4, -0.2) is 33.5 Å². The molecule has 0 aliphatic heterocycles. The van der Waals surface area contributed by atoms with Crippen LogP contribution < -0.4 is 5.32 Å². The van der Waals surface area contributed by atoms with Gasteiger partial charge < -0.3 is 10.1 Å². The molecule has 25 heavy (non-hydrogen) atoms. The minimum absolute atomic E-state index is 0.368. The van der Waals surface area contributed by atoms with Crippen LogP contribution in [0.4, 0.5) is 0 Å². The molecule has 0 amide bonds. The standard InChI is InChI=1S/C20H28N4O/c1-3-25-18-11-17(20(18)8-4-5-9-20)22-13-16-14-24(2)23-19(16)15-7-6-10-21-12-15/h6-7,10,12,14,17-18,22H,3-5,8-9,11,13H2,1-2H3/t17-,18-/m1/s1. The Bertz CT molecular complexity index is 706. The van der Waals surface area contributed by atoms with Gasteiger partial charge in [0.1, 0.15) is 0 Å². The molecule has 5 heteroatoms. The summed E-state index contributed by atoms with van der Waals surface area (Å²) in [7, 11) is 1.98. The van der Waals surface area contributed by atoms with Gasteiger partial charge in [-0.15, -0.1) is 0 Å². The highest BCUT2D eigenvalue weighted by Gasteiger charge is 2.56. The molecule has 0 saturated heterocycles. The second kappa shape index (κ2) is 6.89. The number of hydrogen-bond donors (Lipinski definition) is 1. The van der Waals surface area contributed by atoms with Crippen LogP contribution in [0.15, 0.2) is 30.7 Å². The SMILES string of the molecule is CCO[C@@H]1C[C@@H](NCc2cn(C)nc2-c2cccnc2)C12CCCC2. The zero-order chi connectivity index (χ0) is 17.3. The van der Waals surface area contributed by atoms with E-state index in [4.69, 9.17) is 4.74 Å². The van der Waals surface area contributed by atoms with Crippen LogP contribution in [0.5, 0.6) is 0 Å². The van der Waals surface area contributed by atoms with E-state index in [2.05, 4.69) is 34.6 Å². The van der Waals surface area contributed by atoms with Gasteiger partial charge in [-0.2, -0.15) is 5.10 Å². The molecule has 2 aromatic heterocycles. The van der Waals surface area contributed by atoms with Crippen molar-refractivity contribution in [1.29, 1.82) is 0 Å². The topological polar surface area (TPSA) is 52.0 Å². The molecule has 2 fully saturated rings. The molecule has 0 radical (unpaired) electrons. The van der Waals surface area contributed by atoms with Crippen LogP contribution in [0.1, 0.15) is 44.6 Å². The van der Waals surface area contributed by atoms with E-state index in [0.717, 1.165) is 30.8 Å². The van der Waals surface area contributed by atoms with Gasteiger partial charge in [-0.25, -0.2) is 0 Å². The molecule has 2 aliphatic carbocycles. The smallest absolute Gasteiger partial charge is 0.0983 e. The molecule has 4 rings (SSSR count). The van der Waals surface area contributed by atoms with Crippen molar-refractivity contribution >= 4 is 0 Å². The van der Waals surface area contributed by atoms with Gasteiger partial charge in [-0.1, -0.05) is 12.8 Å². The second-order valence-corrected chi connectivity index (χ2v) is 7.47. The van der Waals surface area contributed by atoms with Gasteiger partial charge in [0.25, 0.3) is 0 Å². The van der Waals surface area contributed by atoms with Crippen molar-refractivity contribution in [1.82, 2.24) is 20.1 Å². The van der Waals surface area contributed by atoms with Gasteiger partial charge in [0.05, 0.1) is 11.8 Å². The molecular formula is C20H28N4O. The molecule has 1 spiro atoms. The Balaban J connectivity index is 1.47. The lowest BCUT2D eigenvalue weighted by atomic mass is 9.60. The highest BCUT2D eigenvalue weighted by molar-refractivity contribution is 5.61. The van der Waals surface area contributed by atoms with Crippen molar-refractivity contribution in [3.05, 3.63) is 36.3 Å². The van der Waals surface area contributed by atoms with Gasteiger partial charge >= 0.3 is 0 Å². The monoisotopic (exact) mass is 340 g/mol. The summed E-state index contributed by atoms with van der Waals surface area (Å²) >= 11 is 0. The van der Waals surface area contributed by atoms with Crippen molar-refractivity contribution in [3.63, 3.8) is 0 Å². The third-order valence-electron chi connectivity index (χ3n) is 6.07. The normalized spacial score (nSPS) is 24.6. The van der Waals surface area contributed by atoms with Crippen LogP contribution in [0.2, 0.25) is 0 Å². The summed E-state index contributed by atoms with van der Waals surface area (Å²) in [5.41, 5.74) is 3.72. The lowest BCUT2D eigenvalue weighted by molar-refractivity contribution is -0.130. The predicted molar refractivity (Wildman–Crippen MR) is 98.0 cm³/mol. The maximum Gasteiger partial charge on any atom is 0.0983 e. The largest absolute Gasteiger partial charge is 0.378 e. The average molecular weight is 340 g/mol. The summed E-state index contributed by atoms with van der Waals surface area (Å²) < 4.78 is 7.93. The van der Waals surface area contributed by atoms with Crippen LogP contribution in [-0.2, 0) is 18.3 Å². The molecule has 2 saturated carbocycles. The summed E-state index contributed by atoms with van der Waals surface area (Å²) in [5.74, 6) is 0. The minimum atomic E-state index is 0.368. The van der Waals surface area contributed by atoms with E-state index in [9.17, 15) is 0 Å². The zero-order valence-electron chi connectivity index (χ0n) is 15.2. The Labute approximate surface area is 149 Å². The highest BCUT2D eigenvalue weighted by atomic mass is 16.5. The summed E-state index contributed by atoms with van der Waals surface area (Å²) in [6.45, 7) is 3.79. The first kappa shape index (κ1) is 16.7. The van der Waals surface area contributed by atoms with Gasteiger partial charge in [0.15, 0.2) is 0 Å². The highest BCUT2D eigenvalue weighted by Crippen LogP contribution is 2.54. The van der Waals surface area contributed by atoms with Crippen LogP contribution >= 0.6 is 0 Å². The van der Waals surface area contributed by atoms with Gasteiger partial charge in [-0.3, -0.25) is 9.67 Å². The Kier molecular flexibility index (Phi) is 4.61. The summed E-state index contributed by atoms with van der Waals surface area (Å²) in [4.78, 5) is 4.24. The van der Waals surface area contributed by atoms with Crippen LogP contribution in [0.3, 0.4) is 0 Å². The lowest BCUT2D eigenvalue weighted by Gasteiger charge is -2.54. The summed E-state index contributed by atoms with van der Waals surface area (Å²) in [6.07, 6.45) is 12.7. The minimum Gasteiger partial charge on any atom is -0.378 e. The molecule has 1 N–H and O–H groups in total. The number of aromatic nitrogens is 3. The molecule has 0 unspecified atom stereocenters. The zero-order valence-corrected chi connectivity index (χ0v) is 15.2. The van der Waals surface area contributed by atoms with Crippen LogP contribution in [0.25, 0.3) is 11.3 Å². The number of nitrogens with zero attached hydrogens (tertiary/aromatic N) is 3. The number of rotatable bonds is 6. The van der Waals surface area contributed by atoms with Crippen molar-refractivity contribution in [2.45, 2.75) is 57.7 Å². The molecule has 5 nitrogen and oxygen atoms in total. The molecule has 0 aromatic carbocycles. The van der Waals surface area contributed by atoms with E-state index >= 15 is 0 Å². The summed E-state index contributed by atoms with van der Waals surface area (Å²) in [6, 6.07) is 4.60. The fourth-order valence-electron chi connectivity index (χ4n) is 4.82. The first-order valence-electron chi connectivity index (χ1n) is 9.51. The molecule has 2 aliphatic rings. The van der Waals surface area contributed by atoms with Crippen LogP contribution in [0, 0.1) is 5.41 Å². The second-order valence-electron chi connectivity index (χ2n) is 7.47. The third-order valence-corrected chi connectivity index (χ3v) is 6.07. The van der Waals surface area contributed by atoms with Crippen molar-refractivity contribution in [2.75, 3.05) is 6.61 Å². The van der Waals surface area contributed by atoms with E-state index in [1.165, 1.54) is 31.2 Å². The molecule has 2 atom stereocenters. The molecule has 0 bridgehead atoms. The summed E-state index contributed by atoms with van der Waals surface area (Å²) in [5, 5.41) is 8.47. The van der Waals surface area contributed by atoms with Gasteiger partial charge in [0.2, 0.25) is 0 Å². The number of ether oxygens (including phenoxy) is 1. The fraction of sp³-hybridized carbons (Fsp3) is 0.600. The number of pyridine rings is 1. The Morgan fingerprint density at radius 1 is 1.36 bits per heavy atom. The maximum atomic E-state index is 6.03. The van der Waals surface area contributed by atoms with E-state index < -0.39 is 0 Å². The van der Waals surface area contributed by atoms with Gasteiger partial charge in [-0.05, 0) is 38.3 Å². The predicted octanol–water partition coefficient (Wildman–Crippen LogP) is 3.31. The Morgan fingerprint density at radius 2 is 2.20 bits per heavy atom. The van der Waals surface area contributed by atoms with Crippen molar-refractivity contribution in [3.8, 4) is 11.3 Å². The van der Waals surface area contributed by atoms with E-state index in [0.29, 0.717) is 17.6 Å². The van der Waals surface area contributed by atoms with E-state index in [1.54, 1.807) is 6.20 Å². The number of hydrogen-bond acceptors (Lipinski definition) is 4.